The van der Waals surface area contributed by atoms with Gasteiger partial charge in [0.1, 0.15) is 18.1 Å². The molecule has 0 radical (unpaired) electrons. The molecule has 3 rings (SSSR count). The number of benzene rings is 3. The molecule has 0 unspecified atom stereocenters. The Balaban J connectivity index is 1.62. The van der Waals surface area contributed by atoms with E-state index < -0.39 is 12.1 Å². The van der Waals surface area contributed by atoms with Gasteiger partial charge >= 0.3 is 5.97 Å². The highest BCUT2D eigenvalue weighted by molar-refractivity contribution is 5.89. The minimum Gasteiger partial charge on any atom is -0.508 e. The standard InChI is InChI=1S/C24H25NO5/c1-16(23(27)18-7-10-20(26)11-8-18)25-13-14-30-22-15-19(24(28)29)9-12-21(22)17-5-3-2-4-6-17/h2-12,15-16,23,25-27H,13-14H2,1H3,(H,28,29)/t16-,23-/m1/s1. The Kier molecular flexibility index (Phi) is 7.06. The highest BCUT2D eigenvalue weighted by Gasteiger charge is 2.16. The van der Waals surface area contributed by atoms with Crippen molar-refractivity contribution in [2.45, 2.75) is 19.1 Å². The molecule has 0 saturated carbocycles. The number of carbonyl (C=O) groups is 1. The van der Waals surface area contributed by atoms with Gasteiger partial charge in [0.25, 0.3) is 0 Å². The molecular weight excluding hydrogens is 382 g/mol. The quantitative estimate of drug-likeness (QED) is 0.402. The highest BCUT2D eigenvalue weighted by Crippen LogP contribution is 2.31. The molecule has 156 valence electrons. The maximum atomic E-state index is 11.3. The van der Waals surface area contributed by atoms with Gasteiger partial charge in [-0.25, -0.2) is 4.79 Å². The van der Waals surface area contributed by atoms with Crippen LogP contribution in [-0.4, -0.2) is 40.5 Å². The van der Waals surface area contributed by atoms with Gasteiger partial charge in [0.15, 0.2) is 0 Å². The molecule has 4 N–H and O–H groups in total. The van der Waals surface area contributed by atoms with Crippen molar-refractivity contribution in [1.82, 2.24) is 5.32 Å². The number of carboxylic acid groups (broad SMARTS) is 1. The summed E-state index contributed by atoms with van der Waals surface area (Å²) >= 11 is 0. The fourth-order valence-electron chi connectivity index (χ4n) is 3.15. The zero-order valence-corrected chi connectivity index (χ0v) is 16.7. The minimum atomic E-state index is -1.01. The van der Waals surface area contributed by atoms with E-state index in [1.807, 2.05) is 37.3 Å². The van der Waals surface area contributed by atoms with Crippen molar-refractivity contribution in [3.05, 3.63) is 83.9 Å². The first-order valence-electron chi connectivity index (χ1n) is 9.71. The van der Waals surface area contributed by atoms with Crippen molar-refractivity contribution in [1.29, 1.82) is 0 Å². The summed E-state index contributed by atoms with van der Waals surface area (Å²) in [6.45, 7) is 2.62. The third kappa shape index (κ3) is 5.37. The SMILES string of the molecule is C[C@@H](NCCOc1cc(C(=O)O)ccc1-c1ccccc1)[C@@H](O)c1ccc(O)cc1. The fraction of sp³-hybridized carbons (Fsp3) is 0.208. The average molecular weight is 407 g/mol. The average Bonchev–Trinajstić information content (AvgIpc) is 2.77. The summed E-state index contributed by atoms with van der Waals surface area (Å²) < 4.78 is 5.89. The zero-order valence-electron chi connectivity index (χ0n) is 16.7. The van der Waals surface area contributed by atoms with Crippen LogP contribution in [0.1, 0.15) is 28.9 Å². The highest BCUT2D eigenvalue weighted by atomic mass is 16.5. The van der Waals surface area contributed by atoms with Gasteiger partial charge in [-0.1, -0.05) is 42.5 Å². The van der Waals surface area contributed by atoms with E-state index in [4.69, 9.17) is 4.74 Å². The first-order valence-corrected chi connectivity index (χ1v) is 9.71. The van der Waals surface area contributed by atoms with E-state index in [9.17, 15) is 20.1 Å². The van der Waals surface area contributed by atoms with Crippen LogP contribution >= 0.6 is 0 Å². The predicted octanol–water partition coefficient (Wildman–Crippen LogP) is 3.85. The summed E-state index contributed by atoms with van der Waals surface area (Å²) in [5.74, 6) is -0.365. The molecule has 0 aliphatic heterocycles. The summed E-state index contributed by atoms with van der Waals surface area (Å²) in [4.78, 5) is 11.3. The Morgan fingerprint density at radius 1 is 1.03 bits per heavy atom. The molecule has 0 aromatic heterocycles. The molecule has 30 heavy (non-hydrogen) atoms. The Morgan fingerprint density at radius 2 is 1.73 bits per heavy atom. The summed E-state index contributed by atoms with van der Waals surface area (Å²) in [6.07, 6.45) is -0.735. The third-order valence-electron chi connectivity index (χ3n) is 4.85. The number of rotatable bonds is 9. The largest absolute Gasteiger partial charge is 0.508 e. The van der Waals surface area contributed by atoms with Crippen LogP contribution in [0.2, 0.25) is 0 Å². The van der Waals surface area contributed by atoms with Crippen LogP contribution < -0.4 is 10.1 Å². The third-order valence-corrected chi connectivity index (χ3v) is 4.85. The fourth-order valence-corrected chi connectivity index (χ4v) is 3.15. The summed E-state index contributed by atoms with van der Waals surface area (Å²) in [6, 6.07) is 20.7. The zero-order chi connectivity index (χ0) is 21.5. The number of ether oxygens (including phenoxy) is 1. The Bertz CT molecular complexity index is 973. The van der Waals surface area contributed by atoms with Crippen molar-refractivity contribution in [3.63, 3.8) is 0 Å². The second-order valence-corrected chi connectivity index (χ2v) is 7.01. The van der Waals surface area contributed by atoms with Crippen molar-refractivity contribution in [2.24, 2.45) is 0 Å². The molecule has 0 bridgehead atoms. The van der Waals surface area contributed by atoms with E-state index in [1.54, 1.807) is 24.3 Å². The first-order chi connectivity index (χ1) is 14.5. The van der Waals surface area contributed by atoms with E-state index in [-0.39, 0.29) is 17.4 Å². The number of aromatic hydroxyl groups is 1. The summed E-state index contributed by atoms with van der Waals surface area (Å²) in [7, 11) is 0. The molecule has 3 aromatic rings. The molecule has 0 fully saturated rings. The van der Waals surface area contributed by atoms with Gasteiger partial charge in [-0.3, -0.25) is 0 Å². The van der Waals surface area contributed by atoms with Crippen LogP contribution in [0.4, 0.5) is 0 Å². The Labute approximate surface area is 175 Å². The van der Waals surface area contributed by atoms with E-state index in [0.717, 1.165) is 11.1 Å². The molecule has 0 heterocycles. The normalized spacial score (nSPS) is 12.9. The smallest absolute Gasteiger partial charge is 0.335 e. The number of phenolic OH excluding ortho intramolecular Hbond substituents is 1. The van der Waals surface area contributed by atoms with Gasteiger partial charge in [-0.15, -0.1) is 0 Å². The van der Waals surface area contributed by atoms with E-state index >= 15 is 0 Å². The molecule has 0 spiro atoms. The minimum absolute atomic E-state index is 0.151. The van der Waals surface area contributed by atoms with E-state index in [2.05, 4.69) is 5.32 Å². The second kappa shape index (κ2) is 9.91. The van der Waals surface area contributed by atoms with Crippen LogP contribution in [0, 0.1) is 0 Å². The molecule has 3 aromatic carbocycles. The van der Waals surface area contributed by atoms with Gasteiger partial charge in [0.05, 0.1) is 11.7 Å². The van der Waals surface area contributed by atoms with Crippen molar-refractivity contribution in [3.8, 4) is 22.6 Å². The van der Waals surface area contributed by atoms with E-state index in [0.29, 0.717) is 24.5 Å². The van der Waals surface area contributed by atoms with Crippen molar-refractivity contribution >= 4 is 5.97 Å². The molecule has 0 aliphatic rings. The lowest BCUT2D eigenvalue weighted by atomic mass is 10.0. The van der Waals surface area contributed by atoms with Gasteiger partial charge in [0.2, 0.25) is 0 Å². The maximum Gasteiger partial charge on any atom is 0.335 e. The predicted molar refractivity (Wildman–Crippen MR) is 115 cm³/mol. The number of carboxylic acids is 1. The summed E-state index contributed by atoms with van der Waals surface area (Å²) in [5, 5.41) is 32.3. The van der Waals surface area contributed by atoms with E-state index in [1.165, 1.54) is 18.2 Å². The van der Waals surface area contributed by atoms with Crippen LogP contribution in [0.3, 0.4) is 0 Å². The van der Waals surface area contributed by atoms with Crippen LogP contribution in [0.5, 0.6) is 11.5 Å². The Morgan fingerprint density at radius 3 is 2.40 bits per heavy atom. The van der Waals surface area contributed by atoms with Crippen LogP contribution in [-0.2, 0) is 0 Å². The number of aromatic carboxylic acids is 1. The topological polar surface area (TPSA) is 99.0 Å². The lowest BCUT2D eigenvalue weighted by molar-refractivity contribution is 0.0696. The van der Waals surface area contributed by atoms with Crippen molar-refractivity contribution in [2.75, 3.05) is 13.2 Å². The maximum absolute atomic E-state index is 11.3. The molecule has 0 saturated heterocycles. The number of aliphatic hydroxyl groups is 1. The number of hydrogen-bond acceptors (Lipinski definition) is 5. The lowest BCUT2D eigenvalue weighted by Gasteiger charge is -2.21. The molecule has 0 amide bonds. The number of phenols is 1. The van der Waals surface area contributed by atoms with Crippen LogP contribution in [0.25, 0.3) is 11.1 Å². The first kappa shape index (κ1) is 21.4. The van der Waals surface area contributed by atoms with Gasteiger partial charge in [-0.05, 0) is 48.4 Å². The number of aliphatic hydroxyl groups excluding tert-OH is 1. The van der Waals surface area contributed by atoms with Crippen LogP contribution in [0.15, 0.2) is 72.8 Å². The lowest BCUT2D eigenvalue weighted by Crippen LogP contribution is -2.35. The summed E-state index contributed by atoms with van der Waals surface area (Å²) in [5.41, 5.74) is 2.62. The molecule has 0 aliphatic carbocycles. The molecular formula is C24H25NO5. The van der Waals surface area contributed by atoms with Crippen molar-refractivity contribution < 1.29 is 24.9 Å². The molecule has 2 atom stereocenters. The molecule has 6 heteroatoms. The van der Waals surface area contributed by atoms with Gasteiger partial charge in [-0.2, -0.15) is 0 Å². The number of hydrogen-bond donors (Lipinski definition) is 4. The molecule has 6 nitrogen and oxygen atoms in total. The monoisotopic (exact) mass is 407 g/mol. The van der Waals surface area contributed by atoms with Gasteiger partial charge in [0, 0.05) is 18.2 Å². The Hall–Kier alpha value is -3.35. The second-order valence-electron chi connectivity index (χ2n) is 7.01. The van der Waals surface area contributed by atoms with Gasteiger partial charge < -0.3 is 25.4 Å². The number of nitrogens with one attached hydrogen (secondary N) is 1.